The number of hydrogen-bond donors (Lipinski definition) is 1. The van der Waals surface area contributed by atoms with E-state index in [2.05, 4.69) is 9.88 Å². The highest BCUT2D eigenvalue weighted by Crippen LogP contribution is 2.24. The minimum atomic E-state index is -0.583. The van der Waals surface area contributed by atoms with Gasteiger partial charge in [-0.15, -0.1) is 0 Å². The summed E-state index contributed by atoms with van der Waals surface area (Å²) in [4.78, 5) is 25.9. The lowest BCUT2D eigenvalue weighted by atomic mass is 10.1. The van der Waals surface area contributed by atoms with Crippen LogP contribution in [0.25, 0.3) is 0 Å². The summed E-state index contributed by atoms with van der Waals surface area (Å²) in [6.45, 7) is 3.54. The third-order valence-corrected chi connectivity index (χ3v) is 4.26. The first-order valence-electron chi connectivity index (χ1n) is 8.04. The number of nitrogens with one attached hydrogen (secondary N) is 1. The van der Waals surface area contributed by atoms with Crippen molar-refractivity contribution in [1.29, 1.82) is 0 Å². The predicted octanol–water partition coefficient (Wildman–Crippen LogP) is 2.32. The molecule has 1 unspecified atom stereocenters. The van der Waals surface area contributed by atoms with Crippen molar-refractivity contribution in [1.82, 2.24) is 14.8 Å². The Morgan fingerprint density at radius 2 is 1.96 bits per heavy atom. The fraction of sp³-hybridized carbons (Fsp3) is 0.333. The first-order valence-corrected chi connectivity index (χ1v) is 8.04. The van der Waals surface area contributed by atoms with Crippen molar-refractivity contribution in [2.24, 2.45) is 0 Å². The number of aromatic nitrogens is 1. The number of rotatable bonds is 4. The maximum absolute atomic E-state index is 12.4. The second-order valence-corrected chi connectivity index (χ2v) is 5.80. The summed E-state index contributed by atoms with van der Waals surface area (Å²) in [6, 6.07) is 13.4. The molecule has 0 radical (unpaired) electrons. The molecule has 0 spiro atoms. The second-order valence-electron chi connectivity index (χ2n) is 5.80. The Labute approximate surface area is 141 Å². The Hall–Kier alpha value is -2.76. The summed E-state index contributed by atoms with van der Waals surface area (Å²) in [5.41, 5.74) is 2.02. The lowest BCUT2D eigenvalue weighted by molar-refractivity contribution is -0.133. The van der Waals surface area contributed by atoms with Crippen LogP contribution in [0.5, 0.6) is 0 Å². The van der Waals surface area contributed by atoms with Crippen LogP contribution in [-0.4, -0.2) is 34.6 Å². The van der Waals surface area contributed by atoms with E-state index in [1.807, 2.05) is 55.6 Å². The molecule has 0 bridgehead atoms. The topological polar surface area (TPSA) is 63.6 Å². The third-order valence-electron chi connectivity index (χ3n) is 4.26. The van der Waals surface area contributed by atoms with Gasteiger partial charge < -0.3 is 19.5 Å². The number of carbonyl (C=O) groups is 2. The first-order chi connectivity index (χ1) is 11.6. The lowest BCUT2D eigenvalue weighted by Gasteiger charge is -2.35. The fourth-order valence-electron chi connectivity index (χ4n) is 2.94. The minimum absolute atomic E-state index is 0.00314. The molecule has 0 saturated carbocycles. The molecule has 6 heteroatoms. The third kappa shape index (κ3) is 3.59. The molecule has 3 rings (SSSR count). The molecule has 1 N–H and O–H groups in total. The monoisotopic (exact) mass is 327 g/mol. The van der Waals surface area contributed by atoms with Gasteiger partial charge in [-0.25, -0.2) is 4.79 Å². The predicted molar refractivity (Wildman–Crippen MR) is 89.2 cm³/mol. The van der Waals surface area contributed by atoms with Crippen LogP contribution in [0.2, 0.25) is 0 Å². The first kappa shape index (κ1) is 16.1. The number of carbonyl (C=O) groups excluding carboxylic acids is 2. The van der Waals surface area contributed by atoms with Gasteiger partial charge >= 0.3 is 6.09 Å². The van der Waals surface area contributed by atoms with Crippen LogP contribution in [0, 0.1) is 0 Å². The second kappa shape index (κ2) is 7.21. The Kier molecular flexibility index (Phi) is 4.84. The minimum Gasteiger partial charge on any atom is -0.445 e. The van der Waals surface area contributed by atoms with Gasteiger partial charge in [0.05, 0.1) is 6.04 Å². The number of alkyl carbamates (subject to hydrolysis) is 1. The van der Waals surface area contributed by atoms with E-state index in [-0.39, 0.29) is 25.1 Å². The SMILES string of the molecule is CC1c2cccn2CCN1C(=O)CNC(=O)OCc1ccccc1. The summed E-state index contributed by atoms with van der Waals surface area (Å²) < 4.78 is 7.26. The molecule has 6 nitrogen and oxygen atoms in total. The molecule has 2 aromatic rings. The molecule has 1 aromatic heterocycles. The van der Waals surface area contributed by atoms with Crippen molar-refractivity contribution < 1.29 is 14.3 Å². The maximum Gasteiger partial charge on any atom is 0.407 e. The van der Waals surface area contributed by atoms with E-state index in [0.717, 1.165) is 17.8 Å². The van der Waals surface area contributed by atoms with Gasteiger partial charge in [-0.1, -0.05) is 30.3 Å². The highest BCUT2D eigenvalue weighted by atomic mass is 16.5. The van der Waals surface area contributed by atoms with E-state index in [0.29, 0.717) is 6.54 Å². The standard InChI is InChI=1S/C18H21N3O3/c1-14-16-8-5-9-20(16)10-11-21(14)17(22)12-19-18(23)24-13-15-6-3-2-4-7-15/h2-9,14H,10-13H2,1H3,(H,19,23). The van der Waals surface area contributed by atoms with Crippen molar-refractivity contribution in [3.8, 4) is 0 Å². The smallest absolute Gasteiger partial charge is 0.407 e. The normalized spacial score (nSPS) is 16.4. The number of hydrogen-bond acceptors (Lipinski definition) is 3. The number of benzene rings is 1. The van der Waals surface area contributed by atoms with E-state index >= 15 is 0 Å². The van der Waals surface area contributed by atoms with Gasteiger partial charge in [0.15, 0.2) is 0 Å². The number of fused-ring (bicyclic) bond motifs is 1. The van der Waals surface area contributed by atoms with E-state index in [1.165, 1.54) is 0 Å². The van der Waals surface area contributed by atoms with Crippen LogP contribution < -0.4 is 5.32 Å². The van der Waals surface area contributed by atoms with Gasteiger partial charge in [-0.2, -0.15) is 0 Å². The van der Waals surface area contributed by atoms with Crippen molar-refractivity contribution in [2.45, 2.75) is 26.1 Å². The van der Waals surface area contributed by atoms with Crippen molar-refractivity contribution in [3.63, 3.8) is 0 Å². The van der Waals surface area contributed by atoms with Crippen LogP contribution in [0.1, 0.15) is 24.2 Å². The molecule has 1 aromatic carbocycles. The molecular formula is C18H21N3O3. The highest BCUT2D eigenvalue weighted by Gasteiger charge is 2.27. The van der Waals surface area contributed by atoms with Crippen molar-refractivity contribution in [3.05, 3.63) is 59.9 Å². The van der Waals surface area contributed by atoms with Crippen LogP contribution in [-0.2, 0) is 22.7 Å². The maximum atomic E-state index is 12.4. The van der Waals surface area contributed by atoms with Gasteiger partial charge in [-0.05, 0) is 24.6 Å². The zero-order valence-electron chi connectivity index (χ0n) is 13.6. The molecule has 0 saturated heterocycles. The molecule has 0 aliphatic carbocycles. The molecule has 0 fully saturated rings. The summed E-state index contributed by atoms with van der Waals surface area (Å²) in [5.74, 6) is -0.105. The van der Waals surface area contributed by atoms with E-state index in [1.54, 1.807) is 4.90 Å². The van der Waals surface area contributed by atoms with Gasteiger partial charge in [0, 0.05) is 25.0 Å². The van der Waals surface area contributed by atoms with E-state index < -0.39 is 6.09 Å². The van der Waals surface area contributed by atoms with Crippen LogP contribution in [0.4, 0.5) is 4.79 Å². The molecule has 1 aliphatic heterocycles. The summed E-state index contributed by atoms with van der Waals surface area (Å²) >= 11 is 0. The summed E-state index contributed by atoms with van der Waals surface area (Å²) in [5, 5.41) is 2.53. The molecule has 1 aliphatic rings. The Balaban J connectivity index is 1.46. The van der Waals surface area contributed by atoms with Gasteiger partial charge in [0.1, 0.15) is 13.2 Å². The van der Waals surface area contributed by atoms with Crippen molar-refractivity contribution in [2.75, 3.05) is 13.1 Å². The van der Waals surface area contributed by atoms with Gasteiger partial charge in [0.25, 0.3) is 0 Å². The largest absolute Gasteiger partial charge is 0.445 e. The molecule has 2 amide bonds. The Morgan fingerprint density at radius 3 is 2.75 bits per heavy atom. The quantitative estimate of drug-likeness (QED) is 0.937. The molecular weight excluding hydrogens is 306 g/mol. The molecule has 24 heavy (non-hydrogen) atoms. The van der Waals surface area contributed by atoms with E-state index in [9.17, 15) is 9.59 Å². The zero-order valence-corrected chi connectivity index (χ0v) is 13.6. The Morgan fingerprint density at radius 1 is 1.17 bits per heavy atom. The lowest BCUT2D eigenvalue weighted by Crippen LogP contribution is -2.45. The molecule has 2 heterocycles. The average molecular weight is 327 g/mol. The summed E-state index contributed by atoms with van der Waals surface area (Å²) in [6.07, 6.45) is 1.44. The number of amides is 2. The number of nitrogens with zero attached hydrogens (tertiary/aromatic N) is 2. The van der Waals surface area contributed by atoms with Gasteiger partial charge in [-0.3, -0.25) is 4.79 Å². The summed E-state index contributed by atoms with van der Waals surface area (Å²) in [7, 11) is 0. The van der Waals surface area contributed by atoms with Crippen LogP contribution in [0.15, 0.2) is 48.7 Å². The number of ether oxygens (including phenoxy) is 1. The fourth-order valence-corrected chi connectivity index (χ4v) is 2.94. The highest BCUT2D eigenvalue weighted by molar-refractivity contribution is 5.82. The molecule has 1 atom stereocenters. The molecule has 126 valence electrons. The average Bonchev–Trinajstić information content (AvgIpc) is 3.09. The van der Waals surface area contributed by atoms with Gasteiger partial charge in [0.2, 0.25) is 5.91 Å². The zero-order chi connectivity index (χ0) is 16.9. The van der Waals surface area contributed by atoms with Crippen molar-refractivity contribution >= 4 is 12.0 Å². The van der Waals surface area contributed by atoms with E-state index in [4.69, 9.17) is 4.74 Å². The van der Waals surface area contributed by atoms with Crippen LogP contribution >= 0.6 is 0 Å². The Bertz CT molecular complexity index is 711. The van der Waals surface area contributed by atoms with Crippen LogP contribution in [0.3, 0.4) is 0 Å².